The molecule has 0 saturated carbocycles. The number of aryl methyl sites for hydroxylation is 1. The molecule has 0 aliphatic heterocycles. The summed E-state index contributed by atoms with van der Waals surface area (Å²) in [6, 6.07) is 7.71. The Labute approximate surface area is 155 Å². The minimum atomic E-state index is -4.72. The van der Waals surface area contributed by atoms with Crippen molar-refractivity contribution in [3.05, 3.63) is 69.8 Å². The van der Waals surface area contributed by atoms with Crippen LogP contribution in [0.2, 0.25) is 0 Å². The summed E-state index contributed by atoms with van der Waals surface area (Å²) < 4.78 is 45.2. The van der Waals surface area contributed by atoms with Crippen LogP contribution in [0.5, 0.6) is 0 Å². The van der Waals surface area contributed by atoms with Gasteiger partial charge in [-0.15, -0.1) is 11.3 Å². The number of furan rings is 1. The van der Waals surface area contributed by atoms with Crippen LogP contribution in [0.1, 0.15) is 31.4 Å². The Kier molecular flexibility index (Phi) is 5.04. The number of hydrogen-bond donors (Lipinski definition) is 2. The first-order valence-electron chi connectivity index (χ1n) is 7.67. The second-order valence-corrected chi connectivity index (χ2v) is 6.49. The first-order valence-corrected chi connectivity index (χ1v) is 8.55. The third-order valence-electron chi connectivity index (χ3n) is 3.64. The average molecular weight is 394 g/mol. The number of anilines is 2. The Morgan fingerprint density at radius 2 is 1.85 bits per heavy atom. The molecule has 0 aliphatic carbocycles. The fourth-order valence-corrected chi connectivity index (χ4v) is 3.17. The lowest BCUT2D eigenvalue weighted by molar-refractivity contribution is -0.136. The fourth-order valence-electron chi connectivity index (χ4n) is 2.35. The number of rotatable bonds is 4. The van der Waals surface area contributed by atoms with Crippen molar-refractivity contribution in [2.24, 2.45) is 0 Å². The summed E-state index contributed by atoms with van der Waals surface area (Å²) in [6.07, 6.45) is -3.44. The predicted molar refractivity (Wildman–Crippen MR) is 95.1 cm³/mol. The van der Waals surface area contributed by atoms with Gasteiger partial charge in [-0.3, -0.25) is 9.59 Å². The molecular formula is C18H13F3N2O3S. The van der Waals surface area contributed by atoms with Gasteiger partial charge in [-0.05, 0) is 54.3 Å². The lowest BCUT2D eigenvalue weighted by Gasteiger charge is -2.15. The molecule has 0 spiro atoms. The molecule has 2 heterocycles. The zero-order valence-corrected chi connectivity index (χ0v) is 14.7. The van der Waals surface area contributed by atoms with Crippen LogP contribution in [0, 0.1) is 6.92 Å². The highest BCUT2D eigenvalue weighted by Gasteiger charge is 2.34. The van der Waals surface area contributed by atoms with Crippen molar-refractivity contribution in [2.75, 3.05) is 10.6 Å². The van der Waals surface area contributed by atoms with E-state index in [1.165, 1.54) is 24.5 Å². The number of carbonyl (C=O) groups excluding carboxylic acids is 2. The lowest BCUT2D eigenvalue weighted by atomic mass is 10.1. The van der Waals surface area contributed by atoms with E-state index in [2.05, 4.69) is 10.6 Å². The number of benzene rings is 1. The molecule has 0 unspecified atom stereocenters. The largest absolute Gasteiger partial charge is 0.459 e. The Hall–Kier alpha value is -3.07. The van der Waals surface area contributed by atoms with E-state index in [-0.39, 0.29) is 11.4 Å². The van der Waals surface area contributed by atoms with Crippen LogP contribution in [-0.2, 0) is 6.18 Å². The number of nitrogens with one attached hydrogen (secondary N) is 2. The van der Waals surface area contributed by atoms with Gasteiger partial charge in [0, 0.05) is 5.69 Å². The van der Waals surface area contributed by atoms with Gasteiger partial charge in [-0.1, -0.05) is 0 Å². The molecule has 0 bridgehead atoms. The molecule has 3 aromatic rings. The van der Waals surface area contributed by atoms with Gasteiger partial charge in [-0.2, -0.15) is 13.2 Å². The van der Waals surface area contributed by atoms with Gasteiger partial charge in [0.25, 0.3) is 11.8 Å². The summed E-state index contributed by atoms with van der Waals surface area (Å²) >= 11 is 1.14. The number of halogens is 3. The van der Waals surface area contributed by atoms with Crippen molar-refractivity contribution in [2.45, 2.75) is 13.1 Å². The van der Waals surface area contributed by atoms with Gasteiger partial charge < -0.3 is 15.1 Å². The van der Waals surface area contributed by atoms with Crippen LogP contribution in [0.3, 0.4) is 0 Å². The summed E-state index contributed by atoms with van der Waals surface area (Å²) in [7, 11) is 0. The maximum absolute atomic E-state index is 13.4. The van der Waals surface area contributed by atoms with E-state index in [4.69, 9.17) is 4.42 Å². The smallest absolute Gasteiger partial charge is 0.418 e. The summed E-state index contributed by atoms with van der Waals surface area (Å²) in [4.78, 5) is 24.5. The van der Waals surface area contributed by atoms with Gasteiger partial charge in [0.15, 0.2) is 5.76 Å². The van der Waals surface area contributed by atoms with Crippen LogP contribution in [0.25, 0.3) is 0 Å². The zero-order chi connectivity index (χ0) is 19.6. The normalized spacial score (nSPS) is 11.3. The fraction of sp³-hybridized carbons (Fsp3) is 0.111. The SMILES string of the molecule is Cc1ccsc1C(=O)Nc1ccc(NC(=O)c2ccco2)cc1C(F)(F)F. The minimum Gasteiger partial charge on any atom is -0.459 e. The highest BCUT2D eigenvalue weighted by atomic mass is 32.1. The molecule has 3 rings (SSSR count). The predicted octanol–water partition coefficient (Wildman–Crippen LogP) is 5.17. The third kappa shape index (κ3) is 4.20. The first kappa shape index (κ1) is 18.7. The van der Waals surface area contributed by atoms with Crippen LogP contribution in [0.4, 0.5) is 24.5 Å². The van der Waals surface area contributed by atoms with E-state index >= 15 is 0 Å². The van der Waals surface area contributed by atoms with E-state index in [9.17, 15) is 22.8 Å². The second kappa shape index (κ2) is 7.28. The highest BCUT2D eigenvalue weighted by Crippen LogP contribution is 2.37. The molecule has 0 saturated heterocycles. The first-order chi connectivity index (χ1) is 12.8. The van der Waals surface area contributed by atoms with Gasteiger partial charge in [0.05, 0.1) is 22.4 Å². The van der Waals surface area contributed by atoms with E-state index in [0.717, 1.165) is 23.5 Å². The average Bonchev–Trinajstić information content (AvgIpc) is 3.26. The maximum Gasteiger partial charge on any atom is 0.418 e. The molecule has 2 amide bonds. The van der Waals surface area contributed by atoms with Crippen molar-refractivity contribution >= 4 is 34.5 Å². The number of carbonyl (C=O) groups is 2. The van der Waals surface area contributed by atoms with Crippen LogP contribution < -0.4 is 10.6 Å². The lowest BCUT2D eigenvalue weighted by Crippen LogP contribution is -2.17. The Morgan fingerprint density at radius 3 is 2.44 bits per heavy atom. The molecule has 2 aromatic heterocycles. The topological polar surface area (TPSA) is 71.3 Å². The van der Waals surface area contributed by atoms with Crippen molar-refractivity contribution in [3.63, 3.8) is 0 Å². The maximum atomic E-state index is 13.4. The van der Waals surface area contributed by atoms with E-state index in [1.807, 2.05) is 0 Å². The molecule has 9 heteroatoms. The Bertz CT molecular complexity index is 978. The molecule has 0 radical (unpaired) electrons. The highest BCUT2D eigenvalue weighted by molar-refractivity contribution is 7.12. The molecule has 0 aliphatic rings. The van der Waals surface area contributed by atoms with Crippen molar-refractivity contribution in [1.29, 1.82) is 0 Å². The minimum absolute atomic E-state index is 0.0332. The van der Waals surface area contributed by atoms with Gasteiger partial charge >= 0.3 is 6.18 Å². The third-order valence-corrected chi connectivity index (χ3v) is 4.66. The quantitative estimate of drug-likeness (QED) is 0.641. The van der Waals surface area contributed by atoms with Gasteiger partial charge in [0.2, 0.25) is 0 Å². The number of alkyl halides is 3. The summed E-state index contributed by atoms with van der Waals surface area (Å²) in [5.41, 5.74) is -0.860. The van der Waals surface area contributed by atoms with E-state index < -0.39 is 29.2 Å². The Balaban J connectivity index is 1.87. The second-order valence-electron chi connectivity index (χ2n) is 5.58. The summed E-state index contributed by atoms with van der Waals surface area (Å²) in [5, 5.41) is 6.30. The molecule has 140 valence electrons. The summed E-state index contributed by atoms with van der Waals surface area (Å²) in [6.45, 7) is 1.70. The number of hydrogen-bond acceptors (Lipinski definition) is 4. The van der Waals surface area contributed by atoms with Crippen LogP contribution in [-0.4, -0.2) is 11.8 Å². The van der Waals surface area contributed by atoms with Crippen LogP contribution >= 0.6 is 11.3 Å². The molecule has 0 fully saturated rings. The van der Waals surface area contributed by atoms with Crippen LogP contribution in [0.15, 0.2) is 52.5 Å². The van der Waals surface area contributed by atoms with Crippen molar-refractivity contribution in [1.82, 2.24) is 0 Å². The number of thiophene rings is 1. The molecule has 5 nitrogen and oxygen atoms in total. The molecular weight excluding hydrogens is 381 g/mol. The monoisotopic (exact) mass is 394 g/mol. The summed E-state index contributed by atoms with van der Waals surface area (Å²) in [5.74, 6) is -1.34. The zero-order valence-electron chi connectivity index (χ0n) is 13.9. The molecule has 1 aromatic carbocycles. The van der Waals surface area contributed by atoms with Crippen molar-refractivity contribution < 1.29 is 27.2 Å². The molecule has 2 N–H and O–H groups in total. The molecule has 27 heavy (non-hydrogen) atoms. The van der Waals surface area contributed by atoms with Crippen molar-refractivity contribution in [3.8, 4) is 0 Å². The standard InChI is InChI=1S/C18H13F3N2O3S/c1-10-6-8-27-15(10)17(25)23-13-5-4-11(9-12(13)18(19,20)21)22-16(24)14-3-2-7-26-14/h2-9H,1H3,(H,22,24)(H,23,25). The van der Waals surface area contributed by atoms with Gasteiger partial charge in [-0.25, -0.2) is 0 Å². The Morgan fingerprint density at radius 1 is 1.07 bits per heavy atom. The number of amides is 2. The van der Waals surface area contributed by atoms with E-state index in [1.54, 1.807) is 18.4 Å². The van der Waals surface area contributed by atoms with E-state index in [0.29, 0.717) is 10.4 Å². The molecule has 0 atom stereocenters. The van der Waals surface area contributed by atoms with Gasteiger partial charge in [0.1, 0.15) is 0 Å².